The molecule has 0 saturated heterocycles. The summed E-state index contributed by atoms with van der Waals surface area (Å²) in [5.41, 5.74) is 0. The van der Waals surface area contributed by atoms with Crippen molar-refractivity contribution in [3.8, 4) is 0 Å². The predicted octanol–water partition coefficient (Wildman–Crippen LogP) is 1.82. The number of hydrogen-bond donors (Lipinski definition) is 3. The van der Waals surface area contributed by atoms with Crippen molar-refractivity contribution in [1.29, 1.82) is 0 Å². The number of aliphatic hydroxyl groups is 1. The van der Waals surface area contributed by atoms with Gasteiger partial charge in [0.15, 0.2) is 0 Å². The van der Waals surface area contributed by atoms with Crippen molar-refractivity contribution >= 4 is 63.3 Å². The summed E-state index contributed by atoms with van der Waals surface area (Å²) < 4.78 is 0. The average molecular weight is 328 g/mol. The molecule has 0 radical (unpaired) electrons. The monoisotopic (exact) mass is 327 g/mol. The Hall–Kier alpha value is 0.536. The summed E-state index contributed by atoms with van der Waals surface area (Å²) in [6.45, 7) is 1.63. The molecule has 0 aliphatic heterocycles. The van der Waals surface area contributed by atoms with E-state index in [-0.39, 0.29) is 57.3 Å². The molecule has 0 saturated carbocycles. The zero-order valence-electron chi connectivity index (χ0n) is 12.6. The van der Waals surface area contributed by atoms with E-state index in [9.17, 15) is 9.59 Å². The fraction of sp³-hybridized carbons (Fsp3) is 0.867. The normalized spacial score (nSPS) is 11.5. The van der Waals surface area contributed by atoms with Crippen molar-refractivity contribution < 1.29 is 19.8 Å². The van der Waals surface area contributed by atoms with Crippen LogP contribution in [0.3, 0.4) is 0 Å². The average Bonchev–Trinajstić information content (AvgIpc) is 2.42. The van der Waals surface area contributed by atoms with Gasteiger partial charge in [0, 0.05) is 6.42 Å². The van der Waals surface area contributed by atoms with Crippen LogP contribution in [-0.4, -0.2) is 86.1 Å². The molecule has 0 aromatic heterocycles. The first-order valence-electron chi connectivity index (χ1n) is 7.74. The Bertz CT molecular complexity index is 274. The molecule has 0 heterocycles. The summed E-state index contributed by atoms with van der Waals surface area (Å²) >= 11 is 0. The van der Waals surface area contributed by atoms with Gasteiger partial charge in [0.25, 0.3) is 0 Å². The third-order valence-corrected chi connectivity index (χ3v) is 3.32. The molecule has 21 heavy (non-hydrogen) atoms. The van der Waals surface area contributed by atoms with Gasteiger partial charge >= 0.3 is 57.4 Å². The Morgan fingerprint density at radius 3 is 1.86 bits per heavy atom. The SMILES string of the molecule is CCCCCCCCCCCC(=O)NC(CO)C(=O)O.[KH]. The van der Waals surface area contributed by atoms with Crippen molar-refractivity contribution in [2.75, 3.05) is 6.61 Å². The molecule has 0 fully saturated rings. The first kappa shape index (κ1) is 23.8. The second kappa shape index (κ2) is 16.9. The number of carboxylic acids is 1. The number of nitrogens with one attached hydrogen (secondary N) is 1. The molecular weight excluding hydrogens is 297 g/mol. The number of rotatable bonds is 13. The summed E-state index contributed by atoms with van der Waals surface area (Å²) in [4.78, 5) is 22.1. The molecule has 6 heteroatoms. The van der Waals surface area contributed by atoms with Crippen LogP contribution >= 0.6 is 0 Å². The Kier molecular flexibility index (Phi) is 19.2. The molecule has 0 rings (SSSR count). The van der Waals surface area contributed by atoms with Crippen molar-refractivity contribution in [3.63, 3.8) is 0 Å². The van der Waals surface area contributed by atoms with Crippen molar-refractivity contribution in [2.24, 2.45) is 0 Å². The van der Waals surface area contributed by atoms with E-state index >= 15 is 0 Å². The van der Waals surface area contributed by atoms with Crippen LogP contribution in [0.1, 0.15) is 71.1 Å². The number of unbranched alkanes of at least 4 members (excludes halogenated alkanes) is 8. The predicted molar refractivity (Wildman–Crippen MR) is 85.6 cm³/mol. The van der Waals surface area contributed by atoms with Crippen LogP contribution in [-0.2, 0) is 9.59 Å². The second-order valence-corrected chi connectivity index (χ2v) is 5.22. The van der Waals surface area contributed by atoms with E-state index in [0.29, 0.717) is 6.42 Å². The van der Waals surface area contributed by atoms with Crippen LogP contribution < -0.4 is 5.32 Å². The third-order valence-electron chi connectivity index (χ3n) is 3.32. The molecule has 0 aliphatic rings. The molecule has 1 atom stereocenters. The summed E-state index contributed by atoms with van der Waals surface area (Å²) in [5.74, 6) is -1.50. The number of carboxylic acid groups (broad SMARTS) is 1. The molecular formula is C15H30KNO4. The zero-order chi connectivity index (χ0) is 15.2. The van der Waals surface area contributed by atoms with E-state index in [1.807, 2.05) is 0 Å². The first-order chi connectivity index (χ1) is 9.61. The molecule has 1 unspecified atom stereocenters. The van der Waals surface area contributed by atoms with E-state index in [1.165, 1.54) is 38.5 Å². The molecule has 0 aromatic carbocycles. The van der Waals surface area contributed by atoms with Gasteiger partial charge in [-0.05, 0) is 6.42 Å². The zero-order valence-corrected chi connectivity index (χ0v) is 12.6. The summed E-state index contributed by atoms with van der Waals surface area (Å²) in [6.07, 6.45) is 10.9. The topological polar surface area (TPSA) is 86.6 Å². The van der Waals surface area contributed by atoms with Crippen molar-refractivity contribution in [1.82, 2.24) is 5.32 Å². The van der Waals surface area contributed by atoms with Gasteiger partial charge in [-0.2, -0.15) is 0 Å². The van der Waals surface area contributed by atoms with E-state index < -0.39 is 18.6 Å². The maximum atomic E-state index is 11.4. The first-order valence-corrected chi connectivity index (χ1v) is 7.74. The van der Waals surface area contributed by atoms with Crippen LogP contribution in [0.15, 0.2) is 0 Å². The molecule has 5 nitrogen and oxygen atoms in total. The third kappa shape index (κ3) is 15.2. The van der Waals surface area contributed by atoms with Crippen LogP contribution in [0.2, 0.25) is 0 Å². The van der Waals surface area contributed by atoms with Gasteiger partial charge < -0.3 is 15.5 Å². The van der Waals surface area contributed by atoms with Gasteiger partial charge in [-0.1, -0.05) is 58.3 Å². The number of carbonyl (C=O) groups excluding carboxylic acids is 1. The number of amides is 1. The second-order valence-electron chi connectivity index (χ2n) is 5.22. The van der Waals surface area contributed by atoms with Crippen LogP contribution in [0.5, 0.6) is 0 Å². The fourth-order valence-electron chi connectivity index (χ4n) is 2.05. The van der Waals surface area contributed by atoms with Gasteiger partial charge in [-0.15, -0.1) is 0 Å². The maximum absolute atomic E-state index is 11.4. The van der Waals surface area contributed by atoms with Gasteiger partial charge in [0.1, 0.15) is 6.04 Å². The molecule has 1 amide bonds. The number of aliphatic carboxylic acids is 1. The van der Waals surface area contributed by atoms with Gasteiger partial charge in [-0.25, -0.2) is 4.79 Å². The number of aliphatic hydroxyl groups excluding tert-OH is 1. The minimum atomic E-state index is -1.20. The molecule has 3 N–H and O–H groups in total. The Labute approximate surface area is 170 Å². The number of carbonyl (C=O) groups is 2. The molecule has 0 spiro atoms. The van der Waals surface area contributed by atoms with E-state index in [2.05, 4.69) is 12.2 Å². The Balaban J connectivity index is 0. The van der Waals surface area contributed by atoms with E-state index in [1.54, 1.807) is 0 Å². The van der Waals surface area contributed by atoms with Crippen LogP contribution in [0, 0.1) is 0 Å². The summed E-state index contributed by atoms with van der Waals surface area (Å²) in [6, 6.07) is -1.18. The minimum absolute atomic E-state index is 0. The Morgan fingerprint density at radius 1 is 0.952 bits per heavy atom. The standard InChI is InChI=1S/C15H29NO4.K.H/c1-2-3-4-5-6-7-8-9-10-11-14(18)16-13(12-17)15(19)20;;/h13,17H,2-12H2,1H3,(H,16,18)(H,19,20);;. The van der Waals surface area contributed by atoms with E-state index in [0.717, 1.165) is 19.3 Å². The van der Waals surface area contributed by atoms with Gasteiger partial charge in [0.2, 0.25) is 5.91 Å². The van der Waals surface area contributed by atoms with Crippen LogP contribution in [0.25, 0.3) is 0 Å². The molecule has 120 valence electrons. The van der Waals surface area contributed by atoms with Gasteiger partial charge in [0.05, 0.1) is 6.61 Å². The Morgan fingerprint density at radius 2 is 1.43 bits per heavy atom. The van der Waals surface area contributed by atoms with Crippen LogP contribution in [0.4, 0.5) is 0 Å². The molecule has 0 bridgehead atoms. The van der Waals surface area contributed by atoms with Crippen molar-refractivity contribution in [3.05, 3.63) is 0 Å². The number of hydrogen-bond acceptors (Lipinski definition) is 3. The van der Waals surface area contributed by atoms with Gasteiger partial charge in [-0.3, -0.25) is 4.79 Å². The van der Waals surface area contributed by atoms with E-state index in [4.69, 9.17) is 10.2 Å². The summed E-state index contributed by atoms with van der Waals surface area (Å²) in [7, 11) is 0. The quantitative estimate of drug-likeness (QED) is 0.356. The molecule has 0 aliphatic carbocycles. The fourth-order valence-corrected chi connectivity index (χ4v) is 2.05. The molecule has 0 aromatic rings. The summed E-state index contributed by atoms with van der Waals surface area (Å²) in [5, 5.41) is 19.8. The van der Waals surface area contributed by atoms with Crippen molar-refractivity contribution in [2.45, 2.75) is 77.2 Å².